The molecule has 1 fully saturated rings. The molecule has 2 rings (SSSR count). The summed E-state index contributed by atoms with van der Waals surface area (Å²) in [6, 6.07) is 0. The lowest BCUT2D eigenvalue weighted by atomic mass is 9.87. The van der Waals surface area contributed by atoms with E-state index in [9.17, 15) is 9.59 Å². The van der Waals surface area contributed by atoms with Crippen LogP contribution in [0.2, 0.25) is 0 Å². The molecular formula is C17H26N4O3. The van der Waals surface area contributed by atoms with Gasteiger partial charge in [-0.1, -0.05) is 0 Å². The third-order valence-corrected chi connectivity index (χ3v) is 4.51. The SMILES string of the molecule is CNC(=O)CC[C@]1(OC)CCCN(C(=O)/C=C/c2cnn(C)c2)C1. The summed E-state index contributed by atoms with van der Waals surface area (Å²) in [5.74, 6) is -0.0498. The average molecular weight is 334 g/mol. The molecule has 1 aromatic rings. The van der Waals surface area contributed by atoms with E-state index >= 15 is 0 Å². The minimum absolute atomic E-state index is 0.00801. The van der Waals surface area contributed by atoms with Crippen LogP contribution in [0.1, 0.15) is 31.2 Å². The van der Waals surface area contributed by atoms with Gasteiger partial charge in [-0.2, -0.15) is 5.10 Å². The van der Waals surface area contributed by atoms with Crippen LogP contribution in [0.5, 0.6) is 0 Å². The van der Waals surface area contributed by atoms with Gasteiger partial charge in [0, 0.05) is 58.6 Å². The van der Waals surface area contributed by atoms with E-state index in [-0.39, 0.29) is 11.8 Å². The summed E-state index contributed by atoms with van der Waals surface area (Å²) in [5.41, 5.74) is 0.447. The normalized spacial score (nSPS) is 21.2. The van der Waals surface area contributed by atoms with Gasteiger partial charge in [0.1, 0.15) is 0 Å². The Morgan fingerprint density at radius 3 is 2.92 bits per heavy atom. The number of hydrogen-bond acceptors (Lipinski definition) is 4. The molecule has 1 N–H and O–H groups in total. The van der Waals surface area contributed by atoms with E-state index in [0.717, 1.165) is 18.4 Å². The number of methoxy groups -OCH3 is 1. The minimum atomic E-state index is -0.442. The van der Waals surface area contributed by atoms with Gasteiger partial charge >= 0.3 is 0 Å². The van der Waals surface area contributed by atoms with E-state index < -0.39 is 5.60 Å². The van der Waals surface area contributed by atoms with E-state index in [4.69, 9.17) is 4.74 Å². The number of likely N-dealkylation sites (tertiary alicyclic amines) is 1. The number of rotatable bonds is 6. The average Bonchev–Trinajstić information content (AvgIpc) is 3.03. The summed E-state index contributed by atoms with van der Waals surface area (Å²) in [7, 11) is 5.12. The van der Waals surface area contributed by atoms with Gasteiger partial charge in [-0.3, -0.25) is 14.3 Å². The predicted molar refractivity (Wildman–Crippen MR) is 91.1 cm³/mol. The van der Waals surface area contributed by atoms with Crippen molar-refractivity contribution < 1.29 is 14.3 Å². The largest absolute Gasteiger partial charge is 0.376 e. The fraction of sp³-hybridized carbons (Fsp3) is 0.588. The van der Waals surface area contributed by atoms with Gasteiger partial charge in [0.05, 0.1) is 11.8 Å². The summed E-state index contributed by atoms with van der Waals surface area (Å²) in [6.07, 6.45) is 9.64. The van der Waals surface area contributed by atoms with Crippen molar-refractivity contribution in [1.29, 1.82) is 0 Å². The molecule has 7 nitrogen and oxygen atoms in total. The first-order valence-corrected chi connectivity index (χ1v) is 8.19. The van der Waals surface area contributed by atoms with Gasteiger partial charge < -0.3 is 15.0 Å². The Labute approximate surface area is 142 Å². The number of ether oxygens (including phenoxy) is 1. The Bertz CT molecular complexity index is 611. The van der Waals surface area contributed by atoms with Crippen LogP contribution >= 0.6 is 0 Å². The summed E-state index contributed by atoms with van der Waals surface area (Å²) in [6.45, 7) is 1.22. The molecule has 1 aliphatic rings. The molecule has 2 heterocycles. The lowest BCUT2D eigenvalue weighted by molar-refractivity contribution is -0.136. The molecule has 24 heavy (non-hydrogen) atoms. The van der Waals surface area contributed by atoms with Crippen LogP contribution in [0.3, 0.4) is 0 Å². The first-order valence-electron chi connectivity index (χ1n) is 8.19. The maximum Gasteiger partial charge on any atom is 0.246 e. The third kappa shape index (κ3) is 4.67. The van der Waals surface area contributed by atoms with Crippen LogP contribution in [0.4, 0.5) is 0 Å². The highest BCUT2D eigenvalue weighted by molar-refractivity contribution is 5.91. The lowest BCUT2D eigenvalue weighted by Crippen LogP contribution is -2.51. The summed E-state index contributed by atoms with van der Waals surface area (Å²) in [4.78, 5) is 25.8. The van der Waals surface area contributed by atoms with Crippen LogP contribution in [0.25, 0.3) is 6.08 Å². The number of piperidine rings is 1. The molecule has 1 atom stereocenters. The quantitative estimate of drug-likeness (QED) is 0.787. The zero-order valence-electron chi connectivity index (χ0n) is 14.6. The van der Waals surface area contributed by atoms with Gasteiger partial charge in [-0.25, -0.2) is 0 Å². The highest BCUT2D eigenvalue weighted by Gasteiger charge is 2.36. The van der Waals surface area contributed by atoms with Crippen molar-refractivity contribution in [2.75, 3.05) is 27.2 Å². The van der Waals surface area contributed by atoms with Crippen molar-refractivity contribution in [3.8, 4) is 0 Å². The highest BCUT2D eigenvalue weighted by atomic mass is 16.5. The zero-order valence-corrected chi connectivity index (χ0v) is 14.6. The number of hydrogen-bond donors (Lipinski definition) is 1. The highest BCUT2D eigenvalue weighted by Crippen LogP contribution is 2.29. The number of amides is 2. The molecule has 7 heteroatoms. The molecule has 1 aliphatic heterocycles. The molecule has 1 aromatic heterocycles. The van der Waals surface area contributed by atoms with Crippen LogP contribution in [-0.2, 0) is 21.4 Å². The van der Waals surface area contributed by atoms with E-state index in [1.807, 2.05) is 13.2 Å². The van der Waals surface area contributed by atoms with Crippen molar-refractivity contribution in [1.82, 2.24) is 20.0 Å². The van der Waals surface area contributed by atoms with Gasteiger partial charge in [0.2, 0.25) is 11.8 Å². The standard InChI is InChI=1S/C17H26N4O3/c1-18-15(22)7-9-17(24-3)8-4-10-21(13-17)16(23)6-5-14-11-19-20(2)12-14/h5-6,11-12H,4,7-10,13H2,1-3H3,(H,18,22)/b6-5+/t17-/m1/s1. The van der Waals surface area contributed by atoms with Crippen LogP contribution in [0, 0.1) is 0 Å². The topological polar surface area (TPSA) is 76.5 Å². The van der Waals surface area contributed by atoms with Crippen LogP contribution in [0.15, 0.2) is 18.5 Å². The van der Waals surface area contributed by atoms with Crippen LogP contribution < -0.4 is 5.32 Å². The molecule has 0 unspecified atom stereocenters. The number of carbonyl (C=O) groups excluding carboxylic acids is 2. The molecule has 0 bridgehead atoms. The van der Waals surface area contributed by atoms with E-state index in [0.29, 0.717) is 25.9 Å². The van der Waals surface area contributed by atoms with Crippen molar-refractivity contribution in [2.45, 2.75) is 31.3 Å². The molecule has 0 aliphatic carbocycles. The molecule has 0 radical (unpaired) electrons. The first-order chi connectivity index (χ1) is 11.5. The van der Waals surface area contributed by atoms with Crippen molar-refractivity contribution in [2.24, 2.45) is 7.05 Å². The fourth-order valence-corrected chi connectivity index (χ4v) is 3.02. The number of aryl methyl sites for hydroxylation is 1. The summed E-state index contributed by atoms with van der Waals surface area (Å²) >= 11 is 0. The predicted octanol–water partition coefficient (Wildman–Crippen LogP) is 0.967. The van der Waals surface area contributed by atoms with Gasteiger partial charge in [-0.15, -0.1) is 0 Å². The Morgan fingerprint density at radius 1 is 1.50 bits per heavy atom. The fourth-order valence-electron chi connectivity index (χ4n) is 3.02. The van der Waals surface area contributed by atoms with Gasteiger partial charge in [0.25, 0.3) is 0 Å². The number of carbonyl (C=O) groups is 2. The Morgan fingerprint density at radius 2 is 2.29 bits per heavy atom. The minimum Gasteiger partial charge on any atom is -0.376 e. The van der Waals surface area contributed by atoms with Crippen molar-refractivity contribution >= 4 is 17.9 Å². The third-order valence-electron chi connectivity index (χ3n) is 4.51. The second kappa shape index (κ2) is 8.10. The second-order valence-electron chi connectivity index (χ2n) is 6.20. The number of nitrogens with zero attached hydrogens (tertiary/aromatic N) is 3. The van der Waals surface area contributed by atoms with Crippen LogP contribution in [-0.4, -0.2) is 59.3 Å². The van der Waals surface area contributed by atoms with E-state index in [1.165, 1.54) is 0 Å². The first kappa shape index (κ1) is 18.2. The maximum atomic E-state index is 12.5. The molecule has 0 aromatic carbocycles. The molecule has 1 saturated heterocycles. The number of aromatic nitrogens is 2. The molecule has 0 saturated carbocycles. The molecule has 132 valence electrons. The van der Waals surface area contributed by atoms with Crippen molar-refractivity contribution in [3.63, 3.8) is 0 Å². The Hall–Kier alpha value is -2.15. The van der Waals surface area contributed by atoms with Gasteiger partial charge in [-0.05, 0) is 25.3 Å². The molecule has 0 spiro atoms. The Balaban J connectivity index is 1.98. The monoisotopic (exact) mass is 334 g/mol. The maximum absolute atomic E-state index is 12.5. The second-order valence-corrected chi connectivity index (χ2v) is 6.20. The number of nitrogens with one attached hydrogen (secondary N) is 1. The zero-order chi connectivity index (χ0) is 17.6. The van der Waals surface area contributed by atoms with E-state index in [2.05, 4.69) is 10.4 Å². The smallest absolute Gasteiger partial charge is 0.246 e. The van der Waals surface area contributed by atoms with E-state index in [1.54, 1.807) is 42.1 Å². The summed E-state index contributed by atoms with van der Waals surface area (Å²) in [5, 5.41) is 6.70. The van der Waals surface area contributed by atoms with Gasteiger partial charge in [0.15, 0.2) is 0 Å². The lowest BCUT2D eigenvalue weighted by Gasteiger charge is -2.41. The summed E-state index contributed by atoms with van der Waals surface area (Å²) < 4.78 is 7.40. The Kier molecular flexibility index (Phi) is 6.14. The van der Waals surface area contributed by atoms with Crippen molar-refractivity contribution in [3.05, 3.63) is 24.0 Å². The molecule has 2 amide bonds. The molecular weight excluding hydrogens is 308 g/mol.